The minimum absolute atomic E-state index is 0.0789. The van der Waals surface area contributed by atoms with E-state index in [1.54, 1.807) is 6.92 Å². The highest BCUT2D eigenvalue weighted by atomic mass is 35.5. The Morgan fingerprint density at radius 3 is 2.37 bits per heavy atom. The minimum atomic E-state index is -0.410. The smallest absolute Gasteiger partial charge is 0.242 e. The van der Waals surface area contributed by atoms with Gasteiger partial charge in [-0.3, -0.25) is 4.79 Å². The Hall–Kier alpha value is -1.36. The van der Waals surface area contributed by atoms with Crippen LogP contribution in [0.25, 0.3) is 0 Å². The molecule has 2 N–H and O–H groups in total. The first-order valence-corrected chi connectivity index (χ1v) is 6.74. The van der Waals surface area contributed by atoms with Crippen molar-refractivity contribution in [1.82, 2.24) is 15.3 Å². The summed E-state index contributed by atoms with van der Waals surface area (Å²) in [5.41, 5.74) is 1.58. The molecule has 0 fully saturated rings. The molecular weight excluding hydrogens is 264 g/mol. The molecule has 106 valence electrons. The number of aromatic nitrogens is 2. The summed E-state index contributed by atoms with van der Waals surface area (Å²) in [6.45, 7) is 10.2. The second-order valence-electron chi connectivity index (χ2n) is 5.04. The first-order chi connectivity index (χ1) is 8.81. The third kappa shape index (κ3) is 4.67. The molecule has 0 aliphatic heterocycles. The SMILES string of the molecule is Cc1nc(Cl)c(NC(C)C(=O)NCC(C)C)nc1C. The Morgan fingerprint density at radius 2 is 1.79 bits per heavy atom. The van der Waals surface area contributed by atoms with Crippen LogP contribution < -0.4 is 10.6 Å². The van der Waals surface area contributed by atoms with Crippen LogP contribution in [0.5, 0.6) is 0 Å². The summed E-state index contributed by atoms with van der Waals surface area (Å²) in [5.74, 6) is 0.780. The van der Waals surface area contributed by atoms with Gasteiger partial charge in [-0.2, -0.15) is 0 Å². The molecule has 1 amide bonds. The summed E-state index contributed by atoms with van der Waals surface area (Å²) in [4.78, 5) is 20.3. The Bertz CT molecular complexity index is 462. The molecule has 6 heteroatoms. The maximum atomic E-state index is 11.9. The van der Waals surface area contributed by atoms with Gasteiger partial charge in [0.15, 0.2) is 11.0 Å². The highest BCUT2D eigenvalue weighted by molar-refractivity contribution is 6.31. The van der Waals surface area contributed by atoms with Gasteiger partial charge in [-0.05, 0) is 26.7 Å². The van der Waals surface area contributed by atoms with Gasteiger partial charge in [0.25, 0.3) is 0 Å². The molecule has 0 saturated carbocycles. The van der Waals surface area contributed by atoms with E-state index >= 15 is 0 Å². The van der Waals surface area contributed by atoms with Crippen molar-refractivity contribution in [2.75, 3.05) is 11.9 Å². The number of rotatable bonds is 5. The van der Waals surface area contributed by atoms with Crippen LogP contribution in [0.15, 0.2) is 0 Å². The van der Waals surface area contributed by atoms with E-state index in [9.17, 15) is 4.79 Å². The zero-order valence-electron chi connectivity index (χ0n) is 12.0. The summed E-state index contributed by atoms with van der Waals surface area (Å²) >= 11 is 6.01. The zero-order valence-corrected chi connectivity index (χ0v) is 12.8. The van der Waals surface area contributed by atoms with E-state index in [0.717, 1.165) is 11.4 Å². The predicted molar refractivity (Wildman–Crippen MR) is 77.4 cm³/mol. The van der Waals surface area contributed by atoms with E-state index in [-0.39, 0.29) is 11.1 Å². The van der Waals surface area contributed by atoms with Gasteiger partial charge in [0.05, 0.1) is 11.4 Å². The number of anilines is 1. The maximum absolute atomic E-state index is 11.9. The molecule has 1 rings (SSSR count). The Kier molecular flexibility index (Phi) is 5.54. The number of carbonyl (C=O) groups excluding carboxylic acids is 1. The van der Waals surface area contributed by atoms with Crippen LogP contribution in [-0.4, -0.2) is 28.5 Å². The summed E-state index contributed by atoms with van der Waals surface area (Å²) in [6, 6.07) is -0.410. The van der Waals surface area contributed by atoms with Gasteiger partial charge in [0.1, 0.15) is 6.04 Å². The van der Waals surface area contributed by atoms with Crippen LogP contribution in [0.3, 0.4) is 0 Å². The van der Waals surface area contributed by atoms with E-state index in [4.69, 9.17) is 11.6 Å². The summed E-state index contributed by atoms with van der Waals surface area (Å²) < 4.78 is 0. The first kappa shape index (κ1) is 15.7. The second kappa shape index (κ2) is 6.70. The Balaban J connectivity index is 2.69. The molecule has 19 heavy (non-hydrogen) atoms. The average molecular weight is 285 g/mol. The lowest BCUT2D eigenvalue weighted by Gasteiger charge is -2.16. The lowest BCUT2D eigenvalue weighted by atomic mass is 10.2. The molecular formula is C13H21ClN4O. The number of nitrogens with zero attached hydrogens (tertiary/aromatic N) is 2. The zero-order chi connectivity index (χ0) is 14.6. The number of carbonyl (C=O) groups is 1. The van der Waals surface area contributed by atoms with E-state index in [0.29, 0.717) is 18.3 Å². The molecule has 0 bridgehead atoms. The van der Waals surface area contributed by atoms with E-state index < -0.39 is 6.04 Å². The largest absolute Gasteiger partial charge is 0.356 e. The van der Waals surface area contributed by atoms with Crippen molar-refractivity contribution in [3.8, 4) is 0 Å². The van der Waals surface area contributed by atoms with Crippen LogP contribution in [0.4, 0.5) is 5.82 Å². The van der Waals surface area contributed by atoms with E-state index in [1.807, 2.05) is 27.7 Å². The van der Waals surface area contributed by atoms with Gasteiger partial charge in [0.2, 0.25) is 5.91 Å². The monoisotopic (exact) mass is 284 g/mol. The third-order valence-corrected chi connectivity index (χ3v) is 2.96. The first-order valence-electron chi connectivity index (χ1n) is 6.36. The summed E-state index contributed by atoms with van der Waals surface area (Å²) in [7, 11) is 0. The molecule has 1 unspecified atom stereocenters. The van der Waals surface area contributed by atoms with Gasteiger partial charge < -0.3 is 10.6 Å². The van der Waals surface area contributed by atoms with Gasteiger partial charge in [-0.25, -0.2) is 9.97 Å². The van der Waals surface area contributed by atoms with Gasteiger partial charge in [-0.15, -0.1) is 0 Å². The van der Waals surface area contributed by atoms with Crippen LogP contribution in [-0.2, 0) is 4.79 Å². The molecule has 0 saturated heterocycles. The molecule has 0 radical (unpaired) electrons. The second-order valence-corrected chi connectivity index (χ2v) is 5.40. The molecule has 1 aromatic heterocycles. The molecule has 0 aromatic carbocycles. The summed E-state index contributed by atoms with van der Waals surface area (Å²) in [6.07, 6.45) is 0. The van der Waals surface area contributed by atoms with Gasteiger partial charge in [0, 0.05) is 6.54 Å². The maximum Gasteiger partial charge on any atom is 0.242 e. The molecule has 0 aliphatic rings. The predicted octanol–water partition coefficient (Wildman–Crippen LogP) is 2.32. The molecule has 0 aliphatic carbocycles. The molecule has 1 heterocycles. The van der Waals surface area contributed by atoms with Crippen molar-refractivity contribution < 1.29 is 4.79 Å². The number of amides is 1. The highest BCUT2D eigenvalue weighted by Crippen LogP contribution is 2.19. The number of hydrogen-bond donors (Lipinski definition) is 2. The van der Waals surface area contributed by atoms with Crippen molar-refractivity contribution >= 4 is 23.3 Å². The van der Waals surface area contributed by atoms with Crippen LogP contribution in [0.2, 0.25) is 5.15 Å². The van der Waals surface area contributed by atoms with Crippen LogP contribution >= 0.6 is 11.6 Å². The fourth-order valence-electron chi connectivity index (χ4n) is 1.40. The van der Waals surface area contributed by atoms with Crippen molar-refractivity contribution in [3.05, 3.63) is 16.5 Å². The number of aryl methyl sites for hydroxylation is 2. The quantitative estimate of drug-likeness (QED) is 0.871. The lowest BCUT2D eigenvalue weighted by molar-refractivity contribution is -0.121. The lowest BCUT2D eigenvalue weighted by Crippen LogP contribution is -2.39. The molecule has 1 aromatic rings. The third-order valence-electron chi connectivity index (χ3n) is 2.70. The van der Waals surface area contributed by atoms with Crippen molar-refractivity contribution in [3.63, 3.8) is 0 Å². The number of nitrogens with one attached hydrogen (secondary N) is 2. The van der Waals surface area contributed by atoms with E-state index in [1.165, 1.54) is 0 Å². The fourth-order valence-corrected chi connectivity index (χ4v) is 1.62. The van der Waals surface area contributed by atoms with Crippen LogP contribution in [0, 0.1) is 19.8 Å². The van der Waals surface area contributed by atoms with Crippen molar-refractivity contribution in [1.29, 1.82) is 0 Å². The molecule has 1 atom stereocenters. The topological polar surface area (TPSA) is 66.9 Å². The van der Waals surface area contributed by atoms with Gasteiger partial charge >= 0.3 is 0 Å². The summed E-state index contributed by atoms with van der Waals surface area (Å²) in [5, 5.41) is 6.12. The van der Waals surface area contributed by atoms with Crippen LogP contribution in [0.1, 0.15) is 32.2 Å². The van der Waals surface area contributed by atoms with E-state index in [2.05, 4.69) is 20.6 Å². The Morgan fingerprint density at radius 1 is 1.21 bits per heavy atom. The fraction of sp³-hybridized carbons (Fsp3) is 0.615. The normalized spacial score (nSPS) is 12.4. The van der Waals surface area contributed by atoms with Gasteiger partial charge in [-0.1, -0.05) is 25.4 Å². The van der Waals surface area contributed by atoms with Crippen molar-refractivity contribution in [2.45, 2.75) is 40.7 Å². The minimum Gasteiger partial charge on any atom is -0.356 e. The Labute approximate surface area is 119 Å². The standard InChI is InChI=1S/C13H21ClN4O/c1-7(2)6-15-13(19)10(5)18-12-11(14)16-8(3)9(4)17-12/h7,10H,6H2,1-5H3,(H,15,19)(H,17,18). The average Bonchev–Trinajstić information content (AvgIpc) is 2.32. The van der Waals surface area contributed by atoms with Crippen molar-refractivity contribution in [2.24, 2.45) is 5.92 Å². The number of halogens is 1. The molecule has 0 spiro atoms. The highest BCUT2D eigenvalue weighted by Gasteiger charge is 2.16. The molecule has 5 nitrogen and oxygen atoms in total. The number of hydrogen-bond acceptors (Lipinski definition) is 4.